The summed E-state index contributed by atoms with van der Waals surface area (Å²) in [6.45, 7) is 1.90. The van der Waals surface area contributed by atoms with Gasteiger partial charge >= 0.3 is 12.1 Å². The van der Waals surface area contributed by atoms with E-state index in [-0.39, 0.29) is 12.5 Å². The lowest BCUT2D eigenvalue weighted by molar-refractivity contribution is -0.164. The first-order valence-electron chi connectivity index (χ1n) is 11.5. The largest absolute Gasteiger partial charge is 0.451 e. The lowest BCUT2D eigenvalue weighted by atomic mass is 9.92. The number of aliphatic hydroxyl groups is 1. The van der Waals surface area contributed by atoms with Gasteiger partial charge in [0.05, 0.1) is 0 Å². The van der Waals surface area contributed by atoms with Gasteiger partial charge in [-0.1, -0.05) is 97.9 Å². The van der Waals surface area contributed by atoms with Crippen molar-refractivity contribution >= 4 is 12.1 Å². The number of amides is 1. The number of hydrogen-bond donors (Lipinski definition) is 1. The second-order valence-corrected chi connectivity index (χ2v) is 8.57. The minimum absolute atomic E-state index is 0.0513. The molecule has 1 fully saturated rings. The third-order valence-electron chi connectivity index (χ3n) is 6.15. The number of ether oxygens (including phenoxy) is 2. The molecule has 3 atom stereocenters. The molecule has 0 spiro atoms. The Hall–Kier alpha value is -3.64. The summed E-state index contributed by atoms with van der Waals surface area (Å²) in [6.07, 6.45) is -1.53. The molecule has 6 heteroatoms. The molecule has 1 aliphatic heterocycles. The molecule has 6 nitrogen and oxygen atoms in total. The van der Waals surface area contributed by atoms with E-state index in [2.05, 4.69) is 0 Å². The number of carbonyl (C=O) groups is 2. The summed E-state index contributed by atoms with van der Waals surface area (Å²) in [5.74, 6) is -0.757. The molecule has 1 aliphatic rings. The van der Waals surface area contributed by atoms with Crippen molar-refractivity contribution in [2.45, 2.75) is 44.7 Å². The van der Waals surface area contributed by atoms with Crippen LogP contribution in [0.2, 0.25) is 0 Å². The van der Waals surface area contributed by atoms with Gasteiger partial charge in [0.2, 0.25) is 0 Å². The van der Waals surface area contributed by atoms with Gasteiger partial charge in [-0.05, 0) is 29.5 Å². The highest BCUT2D eigenvalue weighted by Crippen LogP contribution is 2.32. The summed E-state index contributed by atoms with van der Waals surface area (Å²) >= 11 is 0. The maximum atomic E-state index is 13.4. The highest BCUT2D eigenvalue weighted by atomic mass is 16.6. The minimum atomic E-state index is -1.14. The van der Waals surface area contributed by atoms with Crippen molar-refractivity contribution in [1.82, 2.24) is 4.90 Å². The number of rotatable bonds is 6. The fourth-order valence-electron chi connectivity index (χ4n) is 4.21. The van der Waals surface area contributed by atoms with Crippen molar-refractivity contribution in [1.29, 1.82) is 0 Å². The van der Waals surface area contributed by atoms with Crippen LogP contribution >= 0.6 is 0 Å². The first-order chi connectivity index (χ1) is 16.5. The zero-order chi connectivity index (χ0) is 23.9. The van der Waals surface area contributed by atoms with E-state index < -0.39 is 30.4 Å². The van der Waals surface area contributed by atoms with Crippen molar-refractivity contribution < 1.29 is 24.2 Å². The number of esters is 1. The van der Waals surface area contributed by atoms with Gasteiger partial charge in [0.25, 0.3) is 0 Å². The van der Waals surface area contributed by atoms with Crippen LogP contribution in [0.5, 0.6) is 0 Å². The summed E-state index contributed by atoms with van der Waals surface area (Å²) in [5.41, 5.74) is 2.47. The Labute approximate surface area is 199 Å². The molecule has 1 unspecified atom stereocenters. The zero-order valence-electron chi connectivity index (χ0n) is 19.1. The molecule has 3 aromatic carbocycles. The van der Waals surface area contributed by atoms with Crippen molar-refractivity contribution in [2.24, 2.45) is 5.92 Å². The first kappa shape index (κ1) is 23.5. The number of nitrogens with zero attached hydrogens (tertiary/aromatic N) is 1. The maximum absolute atomic E-state index is 13.4. The molecule has 0 radical (unpaired) electrons. The third kappa shape index (κ3) is 5.46. The predicted molar refractivity (Wildman–Crippen MR) is 127 cm³/mol. The van der Waals surface area contributed by atoms with Gasteiger partial charge in [0.15, 0.2) is 6.10 Å². The number of carbonyl (C=O) groups excluding carboxylic acids is 2. The highest BCUT2D eigenvalue weighted by Gasteiger charge is 2.43. The quantitative estimate of drug-likeness (QED) is 0.521. The van der Waals surface area contributed by atoms with E-state index in [9.17, 15) is 14.7 Å². The van der Waals surface area contributed by atoms with Gasteiger partial charge in [-0.3, -0.25) is 4.90 Å². The standard InChI is InChI=1S/C28H29NO5/c1-20-17-18-24(29(26(20)30)28(32)33-19-21-11-5-2-6-12-21)27(31)34-25(22-13-7-3-8-14-22)23-15-9-4-10-16-23/h2-16,20,24-26,30H,17-19H2,1H3/t20-,24-,26?/m0/s1. The predicted octanol–water partition coefficient (Wildman–Crippen LogP) is 5.07. The summed E-state index contributed by atoms with van der Waals surface area (Å²) < 4.78 is 11.4. The topological polar surface area (TPSA) is 76.1 Å². The SMILES string of the molecule is C[C@H]1CC[C@@H](C(=O)OC(c2ccccc2)c2ccccc2)N(C(=O)OCc2ccccc2)C1O. The summed E-state index contributed by atoms with van der Waals surface area (Å²) in [4.78, 5) is 27.5. The van der Waals surface area contributed by atoms with E-state index in [0.717, 1.165) is 21.6 Å². The lowest BCUT2D eigenvalue weighted by Gasteiger charge is -2.40. The number of hydrogen-bond acceptors (Lipinski definition) is 5. The van der Waals surface area contributed by atoms with Crippen LogP contribution in [0.4, 0.5) is 4.79 Å². The Morgan fingerprint density at radius 1 is 0.882 bits per heavy atom. The summed E-state index contributed by atoms with van der Waals surface area (Å²) in [7, 11) is 0. The van der Waals surface area contributed by atoms with Crippen molar-refractivity contribution in [3.05, 3.63) is 108 Å². The van der Waals surface area contributed by atoms with Crippen molar-refractivity contribution in [3.63, 3.8) is 0 Å². The van der Waals surface area contributed by atoms with E-state index >= 15 is 0 Å². The highest BCUT2D eigenvalue weighted by molar-refractivity contribution is 5.82. The van der Waals surface area contributed by atoms with E-state index in [1.165, 1.54) is 0 Å². The van der Waals surface area contributed by atoms with Crippen LogP contribution in [0.3, 0.4) is 0 Å². The molecule has 1 N–H and O–H groups in total. The van der Waals surface area contributed by atoms with Gasteiger partial charge in [0.1, 0.15) is 18.9 Å². The van der Waals surface area contributed by atoms with E-state index in [1.54, 1.807) is 0 Å². The molecule has 1 saturated heterocycles. The summed E-state index contributed by atoms with van der Waals surface area (Å²) in [6, 6.07) is 27.3. The summed E-state index contributed by atoms with van der Waals surface area (Å²) in [5, 5.41) is 10.8. The van der Waals surface area contributed by atoms with Gasteiger partial charge < -0.3 is 14.6 Å². The molecule has 3 aromatic rings. The molecule has 1 heterocycles. The molecule has 0 saturated carbocycles. The Bertz CT molecular complexity index is 1030. The second kappa shape index (κ2) is 11.0. The first-order valence-corrected chi connectivity index (χ1v) is 11.5. The van der Waals surface area contributed by atoms with E-state index in [0.29, 0.717) is 12.8 Å². The molecule has 176 valence electrons. The Morgan fingerprint density at radius 2 is 1.41 bits per heavy atom. The van der Waals surface area contributed by atoms with Crippen LogP contribution in [-0.2, 0) is 20.9 Å². The van der Waals surface area contributed by atoms with Crippen LogP contribution < -0.4 is 0 Å². The van der Waals surface area contributed by atoms with Gasteiger partial charge in [-0.15, -0.1) is 0 Å². The monoisotopic (exact) mass is 459 g/mol. The van der Waals surface area contributed by atoms with Gasteiger partial charge in [-0.2, -0.15) is 0 Å². The average Bonchev–Trinajstić information content (AvgIpc) is 2.88. The zero-order valence-corrected chi connectivity index (χ0v) is 19.1. The fraction of sp³-hybridized carbons (Fsp3) is 0.286. The van der Waals surface area contributed by atoms with E-state index in [1.807, 2.05) is 97.9 Å². The van der Waals surface area contributed by atoms with Gasteiger partial charge in [0, 0.05) is 5.92 Å². The Kier molecular flexibility index (Phi) is 7.60. The smallest absolute Gasteiger partial charge is 0.412 e. The normalized spacial score (nSPS) is 20.1. The molecular formula is C28H29NO5. The maximum Gasteiger partial charge on any atom is 0.412 e. The third-order valence-corrected chi connectivity index (χ3v) is 6.15. The van der Waals surface area contributed by atoms with Crippen LogP contribution in [0.15, 0.2) is 91.0 Å². The van der Waals surface area contributed by atoms with Crippen LogP contribution in [-0.4, -0.2) is 34.3 Å². The molecule has 34 heavy (non-hydrogen) atoms. The number of benzene rings is 3. The minimum Gasteiger partial charge on any atom is -0.451 e. The molecule has 0 bridgehead atoms. The Morgan fingerprint density at radius 3 is 1.97 bits per heavy atom. The number of aliphatic hydroxyl groups excluding tert-OH is 1. The average molecular weight is 460 g/mol. The molecule has 0 aliphatic carbocycles. The number of likely N-dealkylation sites (tertiary alicyclic amines) is 1. The van der Waals surface area contributed by atoms with E-state index in [4.69, 9.17) is 9.47 Å². The molecule has 4 rings (SSSR count). The van der Waals surface area contributed by atoms with Gasteiger partial charge in [-0.25, -0.2) is 9.59 Å². The van der Waals surface area contributed by atoms with Crippen LogP contribution in [0, 0.1) is 5.92 Å². The van der Waals surface area contributed by atoms with Crippen molar-refractivity contribution in [3.8, 4) is 0 Å². The second-order valence-electron chi connectivity index (χ2n) is 8.57. The van der Waals surface area contributed by atoms with Crippen LogP contribution in [0.25, 0.3) is 0 Å². The molecular weight excluding hydrogens is 430 g/mol. The van der Waals surface area contributed by atoms with Crippen molar-refractivity contribution in [2.75, 3.05) is 0 Å². The molecule has 1 amide bonds. The fourth-order valence-corrected chi connectivity index (χ4v) is 4.21. The molecule has 0 aromatic heterocycles. The Balaban J connectivity index is 1.54. The number of piperidine rings is 1. The lowest BCUT2D eigenvalue weighted by Crippen LogP contribution is -2.56. The van der Waals surface area contributed by atoms with Crippen LogP contribution in [0.1, 0.15) is 42.6 Å².